The number of benzene rings is 2. The first-order chi connectivity index (χ1) is 13.4. The molecule has 0 atom stereocenters. The number of hydrogen-bond donors (Lipinski definition) is 2. The Morgan fingerprint density at radius 3 is 2.71 bits per heavy atom. The highest BCUT2D eigenvalue weighted by molar-refractivity contribution is 6.32. The van der Waals surface area contributed by atoms with Crippen LogP contribution in [0.15, 0.2) is 36.4 Å². The van der Waals surface area contributed by atoms with Crippen molar-refractivity contribution in [3.8, 4) is 11.5 Å². The lowest BCUT2D eigenvalue weighted by molar-refractivity contribution is -0.114. The summed E-state index contributed by atoms with van der Waals surface area (Å²) in [4.78, 5) is 23.3. The number of anilines is 2. The molecule has 8 heteroatoms. The third-order valence-electron chi connectivity index (χ3n) is 3.80. The van der Waals surface area contributed by atoms with Gasteiger partial charge in [0.2, 0.25) is 11.8 Å². The van der Waals surface area contributed by atoms with Crippen molar-refractivity contribution in [2.24, 2.45) is 0 Å². The van der Waals surface area contributed by atoms with E-state index in [1.807, 2.05) is 0 Å². The van der Waals surface area contributed by atoms with Gasteiger partial charge in [-0.1, -0.05) is 11.6 Å². The van der Waals surface area contributed by atoms with E-state index >= 15 is 0 Å². The molecule has 0 aliphatic carbocycles. The number of rotatable bonds is 4. The molecule has 0 fully saturated rings. The molecular weight excluding hydrogens is 387 g/mol. The lowest BCUT2D eigenvalue weighted by Crippen LogP contribution is -2.10. The van der Waals surface area contributed by atoms with Gasteiger partial charge in [0.1, 0.15) is 5.82 Å². The number of nitrogens with one attached hydrogen (secondary N) is 2. The fraction of sp³-hybridized carbons (Fsp3) is 0.200. The summed E-state index contributed by atoms with van der Waals surface area (Å²) in [5, 5.41) is 5.37. The maximum Gasteiger partial charge on any atom is 0.248 e. The van der Waals surface area contributed by atoms with Gasteiger partial charge < -0.3 is 20.1 Å². The lowest BCUT2D eigenvalue weighted by Gasteiger charge is -2.10. The van der Waals surface area contributed by atoms with Gasteiger partial charge >= 0.3 is 0 Å². The Balaban J connectivity index is 1.71. The summed E-state index contributed by atoms with van der Waals surface area (Å²) in [5.74, 6) is -0.399. The van der Waals surface area contributed by atoms with Crippen LogP contribution >= 0.6 is 11.6 Å². The van der Waals surface area contributed by atoms with E-state index in [4.69, 9.17) is 21.1 Å². The molecule has 0 radical (unpaired) electrons. The molecule has 1 aliphatic heterocycles. The largest absolute Gasteiger partial charge is 0.489 e. The third-order valence-corrected chi connectivity index (χ3v) is 4.08. The van der Waals surface area contributed by atoms with Crippen molar-refractivity contribution < 1.29 is 23.5 Å². The van der Waals surface area contributed by atoms with E-state index in [1.54, 1.807) is 18.2 Å². The second-order valence-corrected chi connectivity index (χ2v) is 6.49. The SMILES string of the molecule is CC(=O)Nc1cc(NC(=O)/C=C/c2cc(Cl)c3c(c2)OCCCO3)ccc1F. The number of fused-ring (bicyclic) bond motifs is 1. The Kier molecular flexibility index (Phi) is 6.16. The quantitative estimate of drug-likeness (QED) is 0.747. The minimum absolute atomic E-state index is 0.0102. The number of hydrogen-bond acceptors (Lipinski definition) is 4. The topological polar surface area (TPSA) is 76.7 Å². The maximum absolute atomic E-state index is 13.7. The number of ether oxygens (including phenoxy) is 2. The summed E-state index contributed by atoms with van der Waals surface area (Å²) in [6.45, 7) is 2.33. The molecule has 2 aromatic rings. The van der Waals surface area contributed by atoms with Crippen molar-refractivity contribution in [2.75, 3.05) is 23.8 Å². The fourth-order valence-electron chi connectivity index (χ4n) is 2.59. The van der Waals surface area contributed by atoms with Gasteiger partial charge in [-0.05, 0) is 42.0 Å². The minimum atomic E-state index is -0.592. The van der Waals surface area contributed by atoms with Crippen LogP contribution in [0.2, 0.25) is 5.02 Å². The Bertz CT molecular complexity index is 946. The highest BCUT2D eigenvalue weighted by Crippen LogP contribution is 2.38. The lowest BCUT2D eigenvalue weighted by atomic mass is 10.2. The molecular formula is C20H18ClFN2O4. The molecule has 0 saturated carbocycles. The first-order valence-corrected chi connectivity index (χ1v) is 8.95. The highest BCUT2D eigenvalue weighted by atomic mass is 35.5. The highest BCUT2D eigenvalue weighted by Gasteiger charge is 2.15. The molecule has 146 valence electrons. The first kappa shape index (κ1) is 19.7. The molecule has 2 amide bonds. The Morgan fingerprint density at radius 2 is 1.93 bits per heavy atom. The van der Waals surface area contributed by atoms with Crippen LogP contribution in [0, 0.1) is 5.82 Å². The van der Waals surface area contributed by atoms with Gasteiger partial charge in [-0.2, -0.15) is 0 Å². The van der Waals surface area contributed by atoms with E-state index < -0.39 is 17.6 Å². The van der Waals surface area contributed by atoms with Crippen LogP contribution < -0.4 is 20.1 Å². The van der Waals surface area contributed by atoms with E-state index in [0.29, 0.717) is 41.0 Å². The summed E-state index contributed by atoms with van der Waals surface area (Å²) >= 11 is 6.23. The van der Waals surface area contributed by atoms with Gasteiger partial charge in [-0.25, -0.2) is 4.39 Å². The molecule has 0 unspecified atom stereocenters. The molecule has 0 aromatic heterocycles. The van der Waals surface area contributed by atoms with Crippen LogP contribution in [0.3, 0.4) is 0 Å². The Hall–Kier alpha value is -3.06. The second kappa shape index (κ2) is 8.75. The van der Waals surface area contributed by atoms with Gasteiger partial charge in [0.05, 0.1) is 23.9 Å². The van der Waals surface area contributed by atoms with Gasteiger partial charge in [-0.15, -0.1) is 0 Å². The third kappa shape index (κ3) is 5.01. The monoisotopic (exact) mass is 404 g/mol. The summed E-state index contributed by atoms with van der Waals surface area (Å²) < 4.78 is 24.8. The standard InChI is InChI=1S/C20H18ClFN2O4/c1-12(25)23-17-11-14(4-5-16(17)22)24-19(26)6-3-13-9-15(21)20-18(10-13)27-7-2-8-28-20/h3-6,9-11H,2,7-8H2,1H3,(H,23,25)(H,24,26)/b6-3+. The van der Waals surface area contributed by atoms with E-state index in [9.17, 15) is 14.0 Å². The van der Waals surface area contributed by atoms with Gasteiger partial charge in [0.25, 0.3) is 0 Å². The molecule has 2 N–H and O–H groups in total. The normalized spacial score (nSPS) is 13.1. The molecule has 0 spiro atoms. The molecule has 1 heterocycles. The average Bonchev–Trinajstić information content (AvgIpc) is 2.88. The van der Waals surface area contributed by atoms with E-state index in [-0.39, 0.29) is 5.69 Å². The van der Waals surface area contributed by atoms with Crippen LogP contribution in [-0.4, -0.2) is 25.0 Å². The summed E-state index contributed by atoms with van der Waals surface area (Å²) in [5.41, 5.74) is 1.00. The zero-order chi connectivity index (χ0) is 20.1. The van der Waals surface area contributed by atoms with Gasteiger partial charge in [0, 0.05) is 25.1 Å². The number of halogens is 2. The molecule has 6 nitrogen and oxygen atoms in total. The first-order valence-electron chi connectivity index (χ1n) is 8.58. The van der Waals surface area contributed by atoms with Crippen molar-refractivity contribution >= 4 is 40.9 Å². The molecule has 28 heavy (non-hydrogen) atoms. The van der Waals surface area contributed by atoms with Gasteiger partial charge in [-0.3, -0.25) is 9.59 Å². The second-order valence-electron chi connectivity index (χ2n) is 6.08. The molecule has 0 saturated heterocycles. The predicted molar refractivity (Wildman–Crippen MR) is 105 cm³/mol. The van der Waals surface area contributed by atoms with Crippen LogP contribution in [0.4, 0.5) is 15.8 Å². The summed E-state index contributed by atoms with van der Waals surface area (Å²) in [6, 6.07) is 7.31. The maximum atomic E-state index is 13.7. The van der Waals surface area contributed by atoms with E-state index in [2.05, 4.69) is 10.6 Å². The number of carbonyl (C=O) groups is 2. The van der Waals surface area contributed by atoms with E-state index in [1.165, 1.54) is 25.1 Å². The molecule has 3 rings (SSSR count). The van der Waals surface area contributed by atoms with Crippen molar-refractivity contribution in [3.05, 3.63) is 52.8 Å². The number of carbonyl (C=O) groups excluding carboxylic acids is 2. The van der Waals surface area contributed by atoms with E-state index in [0.717, 1.165) is 12.5 Å². The van der Waals surface area contributed by atoms with Crippen LogP contribution in [0.1, 0.15) is 18.9 Å². The summed E-state index contributed by atoms with van der Waals surface area (Å²) in [7, 11) is 0. The van der Waals surface area contributed by atoms with Crippen molar-refractivity contribution in [1.82, 2.24) is 0 Å². The Morgan fingerprint density at radius 1 is 1.14 bits per heavy atom. The fourth-order valence-corrected chi connectivity index (χ4v) is 2.86. The predicted octanol–water partition coefficient (Wildman–Crippen LogP) is 4.25. The summed E-state index contributed by atoms with van der Waals surface area (Å²) in [6.07, 6.45) is 3.65. The zero-order valence-electron chi connectivity index (χ0n) is 15.1. The smallest absolute Gasteiger partial charge is 0.248 e. The van der Waals surface area contributed by atoms with Crippen molar-refractivity contribution in [3.63, 3.8) is 0 Å². The Labute approximate surface area is 166 Å². The number of amides is 2. The molecule has 0 bridgehead atoms. The van der Waals surface area contributed by atoms with Crippen molar-refractivity contribution in [1.29, 1.82) is 0 Å². The van der Waals surface area contributed by atoms with Gasteiger partial charge in [0.15, 0.2) is 11.5 Å². The zero-order valence-corrected chi connectivity index (χ0v) is 15.8. The van der Waals surface area contributed by atoms with Crippen LogP contribution in [-0.2, 0) is 9.59 Å². The molecule has 2 aromatic carbocycles. The average molecular weight is 405 g/mol. The van der Waals surface area contributed by atoms with Crippen LogP contribution in [0.5, 0.6) is 11.5 Å². The van der Waals surface area contributed by atoms with Crippen LogP contribution in [0.25, 0.3) is 6.08 Å². The van der Waals surface area contributed by atoms with Crippen molar-refractivity contribution in [2.45, 2.75) is 13.3 Å². The molecule has 1 aliphatic rings. The minimum Gasteiger partial charge on any atom is -0.489 e.